The lowest BCUT2D eigenvalue weighted by Gasteiger charge is -2.11. The molecule has 0 bridgehead atoms. The number of nitrogens with zero attached hydrogens (tertiary/aromatic N) is 5. The lowest BCUT2D eigenvalue weighted by atomic mass is 10.0. The average molecular weight is 524 g/mol. The van der Waals surface area contributed by atoms with Crippen LogP contribution in [-0.2, 0) is 6.42 Å². The van der Waals surface area contributed by atoms with Crippen LogP contribution in [0.2, 0.25) is 0 Å². The van der Waals surface area contributed by atoms with Crippen molar-refractivity contribution < 1.29 is 0 Å². The molecule has 5 heterocycles. The van der Waals surface area contributed by atoms with Crippen LogP contribution < -0.4 is 0 Å². The van der Waals surface area contributed by atoms with Crippen LogP contribution in [0.1, 0.15) is 11.1 Å². The topological polar surface area (TPSA) is 48.0 Å². The highest BCUT2D eigenvalue weighted by Gasteiger charge is 2.23. The maximum absolute atomic E-state index is 5.10. The van der Waals surface area contributed by atoms with E-state index in [2.05, 4.69) is 98.9 Å². The summed E-state index contributed by atoms with van der Waals surface area (Å²) in [6.45, 7) is 0. The number of aromatic nitrogens is 5. The van der Waals surface area contributed by atoms with Gasteiger partial charge in [0, 0.05) is 39.6 Å². The van der Waals surface area contributed by atoms with Gasteiger partial charge in [0.1, 0.15) is 11.2 Å². The van der Waals surface area contributed by atoms with Gasteiger partial charge in [0.2, 0.25) is 0 Å². The van der Waals surface area contributed by atoms with E-state index >= 15 is 0 Å². The third kappa shape index (κ3) is 2.72. The Bertz CT molecular complexity index is 2550. The number of pyridine rings is 3. The van der Waals surface area contributed by atoms with Crippen LogP contribution in [0.15, 0.2) is 116 Å². The molecule has 190 valence electrons. The summed E-state index contributed by atoms with van der Waals surface area (Å²) in [5.41, 5.74) is 12.7. The maximum Gasteiger partial charge on any atom is 0.165 e. The first kappa shape index (κ1) is 21.3. The lowest BCUT2D eigenvalue weighted by Crippen LogP contribution is -1.95. The molecular formula is C36H21N5. The second-order valence-corrected chi connectivity index (χ2v) is 11.0. The summed E-state index contributed by atoms with van der Waals surface area (Å²) in [4.78, 5) is 14.3. The van der Waals surface area contributed by atoms with Crippen LogP contribution >= 0.6 is 0 Å². The van der Waals surface area contributed by atoms with Crippen molar-refractivity contribution in [2.75, 3.05) is 0 Å². The first-order chi connectivity index (χ1) is 20.3. The van der Waals surface area contributed by atoms with Gasteiger partial charge < -0.3 is 4.57 Å². The molecule has 0 saturated heterocycles. The highest BCUT2D eigenvalue weighted by molar-refractivity contribution is 6.21. The Balaban J connectivity index is 1.43. The zero-order chi connectivity index (χ0) is 26.7. The Morgan fingerprint density at radius 2 is 1.41 bits per heavy atom. The van der Waals surface area contributed by atoms with Gasteiger partial charge in [0.05, 0.1) is 22.7 Å². The number of hydrogen-bond donors (Lipinski definition) is 0. The summed E-state index contributed by atoms with van der Waals surface area (Å²) < 4.78 is 4.59. The SMILES string of the molecule is c1ccc(-n2c3cc4c(cc3c3cc5c(cc32)c2ccncc2n2c3ncccc3nc52)Cc2ccccc2-4)cc1. The second-order valence-electron chi connectivity index (χ2n) is 11.0. The summed E-state index contributed by atoms with van der Waals surface area (Å²) in [5.74, 6) is 0. The van der Waals surface area contributed by atoms with Gasteiger partial charge in [-0.05, 0) is 88.7 Å². The fourth-order valence-electron chi connectivity index (χ4n) is 7.07. The molecule has 9 aromatic rings. The van der Waals surface area contributed by atoms with E-state index in [4.69, 9.17) is 9.97 Å². The van der Waals surface area contributed by atoms with Gasteiger partial charge in [-0.1, -0.05) is 42.5 Å². The Morgan fingerprint density at radius 3 is 2.37 bits per heavy atom. The molecule has 0 aliphatic heterocycles. The van der Waals surface area contributed by atoms with Crippen molar-refractivity contribution in [1.29, 1.82) is 0 Å². The van der Waals surface area contributed by atoms with Gasteiger partial charge >= 0.3 is 0 Å². The molecule has 0 saturated carbocycles. The first-order valence-electron chi connectivity index (χ1n) is 13.9. The third-order valence-corrected chi connectivity index (χ3v) is 8.82. The van der Waals surface area contributed by atoms with Gasteiger partial charge in [0.25, 0.3) is 0 Å². The van der Waals surface area contributed by atoms with E-state index in [1.807, 2.05) is 30.7 Å². The molecule has 0 atom stereocenters. The summed E-state index contributed by atoms with van der Waals surface area (Å²) in [6.07, 6.45) is 6.60. The van der Waals surface area contributed by atoms with Gasteiger partial charge in [-0.2, -0.15) is 0 Å². The van der Waals surface area contributed by atoms with Gasteiger partial charge in [0.15, 0.2) is 5.65 Å². The van der Waals surface area contributed by atoms with Crippen molar-refractivity contribution in [3.05, 3.63) is 127 Å². The highest BCUT2D eigenvalue weighted by Crippen LogP contribution is 2.44. The van der Waals surface area contributed by atoms with E-state index in [-0.39, 0.29) is 0 Å². The Morgan fingerprint density at radius 1 is 0.561 bits per heavy atom. The van der Waals surface area contributed by atoms with Crippen molar-refractivity contribution in [3.8, 4) is 16.8 Å². The average Bonchev–Trinajstić information content (AvgIpc) is 3.69. The van der Waals surface area contributed by atoms with Crippen molar-refractivity contribution in [2.24, 2.45) is 0 Å². The zero-order valence-electron chi connectivity index (χ0n) is 21.9. The van der Waals surface area contributed by atoms with E-state index in [0.29, 0.717) is 0 Å². The normalized spacial score (nSPS) is 12.8. The molecule has 0 N–H and O–H groups in total. The summed E-state index contributed by atoms with van der Waals surface area (Å²) >= 11 is 0. The van der Waals surface area contributed by atoms with Gasteiger partial charge in [-0.25, -0.2) is 9.97 Å². The predicted molar refractivity (Wildman–Crippen MR) is 166 cm³/mol. The van der Waals surface area contributed by atoms with E-state index < -0.39 is 0 Å². The van der Waals surface area contributed by atoms with Crippen LogP contribution in [-0.4, -0.2) is 23.9 Å². The van der Waals surface area contributed by atoms with Crippen molar-refractivity contribution in [2.45, 2.75) is 6.42 Å². The monoisotopic (exact) mass is 523 g/mol. The number of benzene rings is 4. The van der Waals surface area contributed by atoms with Gasteiger partial charge in [-0.15, -0.1) is 0 Å². The molecule has 0 spiro atoms. The molecule has 5 nitrogen and oxygen atoms in total. The Labute approximate surface area is 234 Å². The standard InChI is InChI=1S/C36H21N5/c1-2-8-23(9-3-1)40-32-18-26-22(15-21-7-4-5-10-24(21)26)16-28(32)29-17-30-27(19-33(29)40)25-12-14-37-20-34(25)41-35(30)39-31-11-6-13-38-36(31)41/h1-14,16-20H,15H2. The molecule has 0 fully saturated rings. The molecule has 5 aromatic heterocycles. The maximum atomic E-state index is 5.10. The molecular weight excluding hydrogens is 502 g/mol. The molecule has 5 heteroatoms. The molecule has 4 aromatic carbocycles. The van der Waals surface area contributed by atoms with E-state index in [1.54, 1.807) is 0 Å². The van der Waals surface area contributed by atoms with Crippen LogP contribution in [0.5, 0.6) is 0 Å². The zero-order valence-corrected chi connectivity index (χ0v) is 21.9. The number of hydrogen-bond acceptors (Lipinski definition) is 3. The van der Waals surface area contributed by atoms with E-state index in [0.717, 1.165) is 50.6 Å². The lowest BCUT2D eigenvalue weighted by molar-refractivity contribution is 1.18. The number of rotatable bonds is 1. The fourth-order valence-corrected chi connectivity index (χ4v) is 7.07. The van der Waals surface area contributed by atoms with E-state index in [1.165, 1.54) is 44.1 Å². The second kappa shape index (κ2) is 7.55. The number of imidazole rings is 1. The number of fused-ring (bicyclic) bond motifs is 14. The highest BCUT2D eigenvalue weighted by atomic mass is 15.1. The minimum atomic E-state index is 0.852. The third-order valence-electron chi connectivity index (χ3n) is 8.82. The number of para-hydroxylation sites is 1. The van der Waals surface area contributed by atoms with E-state index in [9.17, 15) is 0 Å². The Kier molecular flexibility index (Phi) is 3.92. The van der Waals surface area contributed by atoms with Crippen LogP contribution in [0, 0.1) is 0 Å². The summed E-state index contributed by atoms with van der Waals surface area (Å²) in [6, 6.07) is 35.1. The van der Waals surface area contributed by atoms with Crippen molar-refractivity contribution in [1.82, 2.24) is 23.9 Å². The first-order valence-corrected chi connectivity index (χ1v) is 13.9. The van der Waals surface area contributed by atoms with Gasteiger partial charge in [-0.3, -0.25) is 9.38 Å². The largest absolute Gasteiger partial charge is 0.309 e. The minimum absolute atomic E-state index is 0.852. The molecule has 1 aliphatic rings. The van der Waals surface area contributed by atoms with Crippen LogP contribution in [0.4, 0.5) is 0 Å². The smallest absolute Gasteiger partial charge is 0.165 e. The minimum Gasteiger partial charge on any atom is -0.309 e. The van der Waals surface area contributed by atoms with Crippen LogP contribution in [0.3, 0.4) is 0 Å². The molecule has 0 amide bonds. The predicted octanol–water partition coefficient (Wildman–Crippen LogP) is 8.25. The fraction of sp³-hybridized carbons (Fsp3) is 0.0278. The van der Waals surface area contributed by atoms with Crippen LogP contribution in [0.25, 0.3) is 77.1 Å². The Hall–Kier alpha value is -5.55. The summed E-state index contributed by atoms with van der Waals surface area (Å²) in [5, 5.41) is 5.90. The van der Waals surface area contributed by atoms with Crippen molar-refractivity contribution >= 4 is 60.3 Å². The molecule has 10 rings (SSSR count). The quantitative estimate of drug-likeness (QED) is 0.204. The molecule has 1 aliphatic carbocycles. The molecule has 41 heavy (non-hydrogen) atoms. The molecule has 0 radical (unpaired) electrons. The van der Waals surface area contributed by atoms with Crippen molar-refractivity contribution in [3.63, 3.8) is 0 Å². The summed E-state index contributed by atoms with van der Waals surface area (Å²) in [7, 11) is 0. The molecule has 0 unspecified atom stereocenters.